The molecule has 7 heteroatoms. The predicted molar refractivity (Wildman–Crippen MR) is 90.6 cm³/mol. The molecule has 0 aromatic carbocycles. The van der Waals surface area contributed by atoms with Gasteiger partial charge in [0.05, 0.1) is 5.39 Å². The molecule has 0 bridgehead atoms. The van der Waals surface area contributed by atoms with Gasteiger partial charge < -0.3 is 8.98 Å². The Labute approximate surface area is 137 Å². The second kappa shape index (κ2) is 6.37. The van der Waals surface area contributed by atoms with E-state index in [-0.39, 0.29) is 11.3 Å². The van der Waals surface area contributed by atoms with Gasteiger partial charge >= 0.3 is 0 Å². The van der Waals surface area contributed by atoms with Crippen LogP contribution in [-0.2, 0) is 6.54 Å². The van der Waals surface area contributed by atoms with Gasteiger partial charge in [-0.05, 0) is 26.0 Å². The molecule has 0 spiro atoms. The van der Waals surface area contributed by atoms with E-state index in [1.807, 2.05) is 24.5 Å². The standard InChI is InChI=1S/C16H16N4O2S/c1-4-8-23-16-19-18-15(22-16)12-9-20(5-2)14-11(13(12)21)7-6-10(3)17-14/h4,6-7,9H,1,5,8H2,2-3H3. The summed E-state index contributed by atoms with van der Waals surface area (Å²) < 4.78 is 7.50. The largest absolute Gasteiger partial charge is 0.411 e. The van der Waals surface area contributed by atoms with Gasteiger partial charge in [0, 0.05) is 24.2 Å². The number of rotatable bonds is 5. The van der Waals surface area contributed by atoms with Gasteiger partial charge in [-0.1, -0.05) is 17.8 Å². The highest BCUT2D eigenvalue weighted by atomic mass is 32.2. The van der Waals surface area contributed by atoms with E-state index in [1.54, 1.807) is 18.3 Å². The molecule has 0 aliphatic rings. The Morgan fingerprint density at radius 3 is 2.96 bits per heavy atom. The van der Waals surface area contributed by atoms with E-state index in [2.05, 4.69) is 21.8 Å². The first-order chi connectivity index (χ1) is 11.1. The van der Waals surface area contributed by atoms with Crippen molar-refractivity contribution in [3.05, 3.63) is 46.9 Å². The van der Waals surface area contributed by atoms with Crippen LogP contribution in [0.25, 0.3) is 22.5 Å². The lowest BCUT2D eigenvalue weighted by Gasteiger charge is -2.09. The van der Waals surface area contributed by atoms with Crippen molar-refractivity contribution in [2.75, 3.05) is 5.75 Å². The van der Waals surface area contributed by atoms with Crippen LogP contribution < -0.4 is 5.43 Å². The molecule has 23 heavy (non-hydrogen) atoms. The number of thioether (sulfide) groups is 1. The van der Waals surface area contributed by atoms with Crippen molar-refractivity contribution in [1.82, 2.24) is 19.7 Å². The summed E-state index contributed by atoms with van der Waals surface area (Å²) in [5.41, 5.74) is 1.78. The van der Waals surface area contributed by atoms with Gasteiger partial charge in [0.2, 0.25) is 5.43 Å². The normalized spacial score (nSPS) is 11.0. The molecule has 0 aliphatic heterocycles. The smallest absolute Gasteiger partial charge is 0.277 e. The van der Waals surface area contributed by atoms with E-state index in [1.165, 1.54) is 11.8 Å². The highest BCUT2D eigenvalue weighted by Crippen LogP contribution is 2.22. The summed E-state index contributed by atoms with van der Waals surface area (Å²) in [6.07, 6.45) is 3.48. The third kappa shape index (κ3) is 2.92. The molecule has 0 saturated carbocycles. The average molecular weight is 328 g/mol. The van der Waals surface area contributed by atoms with Crippen molar-refractivity contribution in [2.24, 2.45) is 0 Å². The molecule has 3 heterocycles. The molecule has 3 aromatic rings. The molecule has 0 N–H and O–H groups in total. The zero-order valence-corrected chi connectivity index (χ0v) is 13.8. The van der Waals surface area contributed by atoms with Gasteiger partial charge in [-0.25, -0.2) is 4.98 Å². The van der Waals surface area contributed by atoms with Crippen LogP contribution in [0, 0.1) is 6.92 Å². The summed E-state index contributed by atoms with van der Waals surface area (Å²) in [6, 6.07) is 3.62. The van der Waals surface area contributed by atoms with Crippen LogP contribution in [0.2, 0.25) is 0 Å². The number of hydrogen-bond donors (Lipinski definition) is 0. The van der Waals surface area contributed by atoms with Crippen molar-refractivity contribution in [3.63, 3.8) is 0 Å². The topological polar surface area (TPSA) is 73.8 Å². The van der Waals surface area contributed by atoms with Crippen molar-refractivity contribution >= 4 is 22.8 Å². The molecular weight excluding hydrogens is 312 g/mol. The predicted octanol–water partition coefficient (Wildman–Crippen LogP) is 3.05. The first-order valence-electron chi connectivity index (χ1n) is 7.22. The van der Waals surface area contributed by atoms with Crippen molar-refractivity contribution in [3.8, 4) is 11.5 Å². The number of aryl methyl sites for hydroxylation is 2. The fraction of sp³-hybridized carbons (Fsp3) is 0.250. The van der Waals surface area contributed by atoms with E-state index in [0.29, 0.717) is 34.1 Å². The fourth-order valence-corrected chi connectivity index (χ4v) is 2.76. The SMILES string of the molecule is C=CCSc1nnc(-c2cn(CC)c3nc(C)ccc3c2=O)o1. The average Bonchev–Trinajstić information content (AvgIpc) is 3.02. The van der Waals surface area contributed by atoms with Crippen LogP contribution in [0.3, 0.4) is 0 Å². The van der Waals surface area contributed by atoms with Crippen LogP contribution in [0.5, 0.6) is 0 Å². The van der Waals surface area contributed by atoms with Crippen LogP contribution in [0.4, 0.5) is 0 Å². The van der Waals surface area contributed by atoms with Crippen molar-refractivity contribution < 1.29 is 4.42 Å². The van der Waals surface area contributed by atoms with E-state index in [4.69, 9.17) is 4.42 Å². The number of nitrogens with zero attached hydrogens (tertiary/aromatic N) is 4. The van der Waals surface area contributed by atoms with Gasteiger partial charge in [-0.15, -0.1) is 16.8 Å². The lowest BCUT2D eigenvalue weighted by atomic mass is 10.2. The number of hydrogen-bond acceptors (Lipinski definition) is 6. The number of fused-ring (bicyclic) bond motifs is 1. The third-order valence-corrected chi connectivity index (χ3v) is 4.18. The maximum Gasteiger partial charge on any atom is 0.277 e. The van der Waals surface area contributed by atoms with Gasteiger partial charge in [-0.3, -0.25) is 4.79 Å². The maximum absolute atomic E-state index is 12.7. The molecule has 118 valence electrons. The Balaban J connectivity index is 2.16. The van der Waals surface area contributed by atoms with Crippen LogP contribution in [-0.4, -0.2) is 25.5 Å². The summed E-state index contributed by atoms with van der Waals surface area (Å²) in [5, 5.41) is 8.92. The molecule has 0 radical (unpaired) electrons. The molecule has 0 fully saturated rings. The Kier molecular flexibility index (Phi) is 4.29. The second-order valence-electron chi connectivity index (χ2n) is 4.95. The highest BCUT2D eigenvalue weighted by Gasteiger charge is 2.16. The summed E-state index contributed by atoms with van der Waals surface area (Å²) in [6.45, 7) is 8.23. The molecule has 0 unspecified atom stereocenters. The quantitative estimate of drug-likeness (QED) is 0.529. The molecule has 0 atom stereocenters. The Bertz CT molecular complexity index is 929. The van der Waals surface area contributed by atoms with Crippen LogP contribution in [0.1, 0.15) is 12.6 Å². The van der Waals surface area contributed by atoms with Gasteiger partial charge in [-0.2, -0.15) is 0 Å². The molecule has 3 rings (SSSR count). The second-order valence-corrected chi connectivity index (χ2v) is 5.93. The van der Waals surface area contributed by atoms with Crippen molar-refractivity contribution in [1.29, 1.82) is 0 Å². The summed E-state index contributed by atoms with van der Waals surface area (Å²) in [4.78, 5) is 17.2. The molecular formula is C16H16N4O2S. The molecule has 3 aromatic heterocycles. The third-order valence-electron chi connectivity index (χ3n) is 3.36. The van der Waals surface area contributed by atoms with Gasteiger partial charge in [0.25, 0.3) is 11.1 Å². The zero-order valence-electron chi connectivity index (χ0n) is 12.9. The Morgan fingerprint density at radius 1 is 1.39 bits per heavy atom. The zero-order chi connectivity index (χ0) is 16.4. The van der Waals surface area contributed by atoms with Crippen molar-refractivity contribution in [2.45, 2.75) is 25.6 Å². The first-order valence-corrected chi connectivity index (χ1v) is 8.21. The summed E-state index contributed by atoms with van der Waals surface area (Å²) >= 11 is 1.38. The van der Waals surface area contributed by atoms with E-state index in [9.17, 15) is 4.79 Å². The lowest BCUT2D eigenvalue weighted by Crippen LogP contribution is -2.13. The van der Waals surface area contributed by atoms with Crippen LogP contribution in [0.15, 0.2) is 45.4 Å². The minimum Gasteiger partial charge on any atom is -0.411 e. The van der Waals surface area contributed by atoms with E-state index < -0.39 is 0 Å². The summed E-state index contributed by atoms with van der Waals surface area (Å²) in [5.74, 6) is 0.896. The first kappa shape index (κ1) is 15.5. The summed E-state index contributed by atoms with van der Waals surface area (Å²) in [7, 11) is 0. The van der Waals surface area contributed by atoms with Gasteiger partial charge in [0.1, 0.15) is 11.2 Å². The maximum atomic E-state index is 12.7. The molecule has 0 aliphatic carbocycles. The number of pyridine rings is 2. The van der Waals surface area contributed by atoms with E-state index >= 15 is 0 Å². The fourth-order valence-electron chi connectivity index (χ4n) is 2.26. The minimum absolute atomic E-state index is 0.152. The highest BCUT2D eigenvalue weighted by molar-refractivity contribution is 7.99. The minimum atomic E-state index is -0.152. The Hall–Kier alpha value is -2.41. The van der Waals surface area contributed by atoms with Gasteiger partial charge in [0.15, 0.2) is 0 Å². The number of aromatic nitrogens is 4. The van der Waals surface area contributed by atoms with E-state index in [0.717, 1.165) is 5.69 Å². The molecule has 6 nitrogen and oxygen atoms in total. The molecule has 0 saturated heterocycles. The molecule has 0 amide bonds. The van der Waals surface area contributed by atoms with Crippen LogP contribution >= 0.6 is 11.8 Å². The monoisotopic (exact) mass is 328 g/mol. The Morgan fingerprint density at radius 2 is 2.22 bits per heavy atom. The lowest BCUT2D eigenvalue weighted by molar-refractivity contribution is 0.465.